The topological polar surface area (TPSA) is 30.5 Å². The van der Waals surface area contributed by atoms with Gasteiger partial charge in [-0.2, -0.15) is 8.78 Å². The van der Waals surface area contributed by atoms with Crippen LogP contribution in [-0.4, -0.2) is 25.9 Å². The van der Waals surface area contributed by atoms with E-state index >= 15 is 0 Å². The summed E-state index contributed by atoms with van der Waals surface area (Å²) in [6.45, 7) is -0.977. The van der Waals surface area contributed by atoms with Crippen molar-refractivity contribution in [1.82, 2.24) is 5.32 Å². The van der Waals surface area contributed by atoms with Crippen LogP contribution in [0.1, 0.15) is 18.4 Å². The van der Waals surface area contributed by atoms with E-state index in [2.05, 4.69) is 10.1 Å². The third kappa shape index (κ3) is 4.60. The number of hydrogen-bond donors (Lipinski definition) is 1. The predicted octanol–water partition coefficient (Wildman–Crippen LogP) is 3.21. The van der Waals surface area contributed by atoms with Crippen molar-refractivity contribution in [2.75, 3.05) is 13.2 Å². The lowest BCUT2D eigenvalue weighted by Gasteiger charge is -2.23. The lowest BCUT2D eigenvalue weighted by molar-refractivity contribution is -0.0505. The fourth-order valence-electron chi connectivity index (χ4n) is 2.05. The van der Waals surface area contributed by atoms with Crippen molar-refractivity contribution >= 4 is 11.6 Å². The zero-order chi connectivity index (χ0) is 13.7. The molecular weight excluding hydrogens is 276 g/mol. The summed E-state index contributed by atoms with van der Waals surface area (Å²) in [5, 5.41) is 3.77. The van der Waals surface area contributed by atoms with Gasteiger partial charge in [0, 0.05) is 29.8 Å². The van der Waals surface area contributed by atoms with Gasteiger partial charge in [0.1, 0.15) is 5.75 Å². The minimum Gasteiger partial charge on any atom is -0.434 e. The van der Waals surface area contributed by atoms with Gasteiger partial charge in [-0.1, -0.05) is 11.6 Å². The molecule has 1 aliphatic heterocycles. The first-order valence-electron chi connectivity index (χ1n) is 6.19. The average molecular weight is 292 g/mol. The van der Waals surface area contributed by atoms with Gasteiger partial charge in [-0.3, -0.25) is 0 Å². The fourth-order valence-corrected chi connectivity index (χ4v) is 2.25. The lowest BCUT2D eigenvalue weighted by atomic mass is 10.1. The van der Waals surface area contributed by atoms with Crippen LogP contribution in [0.5, 0.6) is 5.75 Å². The summed E-state index contributed by atoms with van der Waals surface area (Å²) in [6.07, 6.45) is 2.03. The molecular formula is C13H16ClF2NO2. The Balaban J connectivity index is 1.98. The van der Waals surface area contributed by atoms with Crippen molar-refractivity contribution in [2.24, 2.45) is 0 Å². The summed E-state index contributed by atoms with van der Waals surface area (Å²) in [7, 11) is 0. The van der Waals surface area contributed by atoms with Crippen LogP contribution in [0.4, 0.5) is 8.78 Å². The van der Waals surface area contributed by atoms with Crippen LogP contribution in [0, 0.1) is 0 Å². The number of rotatable bonds is 5. The summed E-state index contributed by atoms with van der Waals surface area (Å²) >= 11 is 5.88. The molecule has 1 heterocycles. The van der Waals surface area contributed by atoms with E-state index in [4.69, 9.17) is 16.3 Å². The first kappa shape index (κ1) is 14.5. The molecule has 0 aromatic heterocycles. The number of benzene rings is 1. The summed E-state index contributed by atoms with van der Waals surface area (Å²) < 4.78 is 34.4. The van der Waals surface area contributed by atoms with Crippen molar-refractivity contribution in [3.63, 3.8) is 0 Å². The molecule has 0 aliphatic carbocycles. The largest absolute Gasteiger partial charge is 0.434 e. The monoisotopic (exact) mass is 291 g/mol. The summed E-state index contributed by atoms with van der Waals surface area (Å²) in [4.78, 5) is 0. The van der Waals surface area contributed by atoms with Crippen molar-refractivity contribution in [2.45, 2.75) is 32.0 Å². The van der Waals surface area contributed by atoms with Crippen LogP contribution in [0.3, 0.4) is 0 Å². The van der Waals surface area contributed by atoms with E-state index in [-0.39, 0.29) is 11.8 Å². The first-order chi connectivity index (χ1) is 9.15. The lowest BCUT2D eigenvalue weighted by Crippen LogP contribution is -2.36. The molecule has 1 fully saturated rings. The van der Waals surface area contributed by atoms with Gasteiger partial charge in [-0.25, -0.2) is 0 Å². The second-order valence-corrected chi connectivity index (χ2v) is 4.86. The third-order valence-electron chi connectivity index (χ3n) is 2.98. The number of halogens is 3. The van der Waals surface area contributed by atoms with Gasteiger partial charge in [0.25, 0.3) is 0 Å². The zero-order valence-corrected chi connectivity index (χ0v) is 11.1. The van der Waals surface area contributed by atoms with Gasteiger partial charge >= 0.3 is 6.61 Å². The highest BCUT2D eigenvalue weighted by molar-refractivity contribution is 6.30. The van der Waals surface area contributed by atoms with Gasteiger partial charge in [-0.15, -0.1) is 0 Å². The Labute approximate surface area is 115 Å². The summed E-state index contributed by atoms with van der Waals surface area (Å²) in [5.74, 6) is 0.156. The standard InChI is InChI=1S/C13H16ClF2NO2/c14-10-3-4-12(19-13(15)16)9(6-10)7-17-11-2-1-5-18-8-11/h3-4,6,11,13,17H,1-2,5,7-8H2. The van der Waals surface area contributed by atoms with E-state index in [1.807, 2.05) is 0 Å². The molecule has 106 valence electrons. The second-order valence-electron chi connectivity index (χ2n) is 4.43. The Morgan fingerprint density at radius 1 is 1.47 bits per heavy atom. The Bertz CT molecular complexity index is 412. The SMILES string of the molecule is FC(F)Oc1ccc(Cl)cc1CNC1CCCOC1. The molecule has 1 saturated heterocycles. The Morgan fingerprint density at radius 2 is 2.32 bits per heavy atom. The second kappa shape index (κ2) is 7.03. The smallest absolute Gasteiger partial charge is 0.387 e. The Morgan fingerprint density at radius 3 is 3.00 bits per heavy atom. The van der Waals surface area contributed by atoms with E-state index in [9.17, 15) is 8.78 Å². The van der Waals surface area contributed by atoms with Crippen molar-refractivity contribution in [3.05, 3.63) is 28.8 Å². The van der Waals surface area contributed by atoms with Crippen LogP contribution >= 0.6 is 11.6 Å². The number of ether oxygens (including phenoxy) is 2. The zero-order valence-electron chi connectivity index (χ0n) is 10.4. The van der Waals surface area contributed by atoms with Crippen LogP contribution in [-0.2, 0) is 11.3 Å². The molecule has 0 saturated carbocycles. The highest BCUT2D eigenvalue weighted by atomic mass is 35.5. The maximum Gasteiger partial charge on any atom is 0.387 e. The molecule has 3 nitrogen and oxygen atoms in total. The molecule has 6 heteroatoms. The number of alkyl halides is 2. The summed E-state index contributed by atoms with van der Waals surface area (Å²) in [6, 6.07) is 4.87. The molecule has 0 amide bonds. The van der Waals surface area contributed by atoms with Crippen molar-refractivity contribution in [1.29, 1.82) is 0 Å². The molecule has 1 unspecified atom stereocenters. The van der Waals surface area contributed by atoms with Crippen molar-refractivity contribution < 1.29 is 18.3 Å². The van der Waals surface area contributed by atoms with E-state index < -0.39 is 6.61 Å². The minimum absolute atomic E-state index is 0.156. The molecule has 1 aliphatic rings. The number of hydrogen-bond acceptors (Lipinski definition) is 3. The maximum absolute atomic E-state index is 12.3. The fraction of sp³-hybridized carbons (Fsp3) is 0.538. The van der Waals surface area contributed by atoms with Gasteiger partial charge in [0.05, 0.1) is 6.61 Å². The van der Waals surface area contributed by atoms with E-state index in [1.54, 1.807) is 6.07 Å². The van der Waals surface area contributed by atoms with Crippen molar-refractivity contribution in [3.8, 4) is 5.75 Å². The Kier molecular flexibility index (Phi) is 5.36. The van der Waals surface area contributed by atoms with Crippen LogP contribution in [0.25, 0.3) is 0 Å². The van der Waals surface area contributed by atoms with Gasteiger partial charge in [0.2, 0.25) is 0 Å². The number of nitrogens with one attached hydrogen (secondary N) is 1. The molecule has 0 spiro atoms. The highest BCUT2D eigenvalue weighted by Gasteiger charge is 2.15. The summed E-state index contributed by atoms with van der Waals surface area (Å²) in [5.41, 5.74) is 0.623. The molecule has 1 aromatic rings. The minimum atomic E-state index is -2.84. The van der Waals surface area contributed by atoms with Gasteiger partial charge < -0.3 is 14.8 Å². The molecule has 2 rings (SSSR count). The van der Waals surface area contributed by atoms with Crippen LogP contribution in [0.15, 0.2) is 18.2 Å². The highest BCUT2D eigenvalue weighted by Crippen LogP contribution is 2.24. The molecule has 19 heavy (non-hydrogen) atoms. The average Bonchev–Trinajstić information content (AvgIpc) is 2.40. The van der Waals surface area contributed by atoms with Crippen LogP contribution in [0.2, 0.25) is 5.02 Å². The molecule has 1 atom stereocenters. The predicted molar refractivity (Wildman–Crippen MR) is 68.8 cm³/mol. The Hall–Kier alpha value is -0.910. The van der Waals surface area contributed by atoms with Gasteiger partial charge in [-0.05, 0) is 31.0 Å². The third-order valence-corrected chi connectivity index (χ3v) is 3.22. The van der Waals surface area contributed by atoms with Crippen LogP contribution < -0.4 is 10.1 Å². The first-order valence-corrected chi connectivity index (χ1v) is 6.57. The van der Waals surface area contributed by atoms with E-state index in [1.165, 1.54) is 12.1 Å². The van der Waals surface area contributed by atoms with E-state index in [0.29, 0.717) is 23.7 Å². The molecule has 0 bridgehead atoms. The normalized spacial score (nSPS) is 19.7. The molecule has 1 aromatic carbocycles. The molecule has 1 N–H and O–H groups in total. The molecule has 0 radical (unpaired) electrons. The quantitative estimate of drug-likeness (QED) is 0.903. The van der Waals surface area contributed by atoms with E-state index in [0.717, 1.165) is 19.4 Å². The van der Waals surface area contributed by atoms with Gasteiger partial charge in [0.15, 0.2) is 0 Å². The maximum atomic E-state index is 12.3.